The Morgan fingerprint density at radius 1 is 1.20 bits per heavy atom. The Balaban J connectivity index is 1.64. The predicted molar refractivity (Wildman–Crippen MR) is 132 cm³/mol. The summed E-state index contributed by atoms with van der Waals surface area (Å²) in [4.78, 5) is 30.0. The molecule has 8 nitrogen and oxygen atoms in total. The Bertz CT molecular complexity index is 1380. The molecule has 0 bridgehead atoms. The van der Waals surface area contributed by atoms with Crippen molar-refractivity contribution in [2.75, 3.05) is 31.1 Å². The number of rotatable bonds is 4. The van der Waals surface area contributed by atoms with Crippen LogP contribution in [0.4, 0.5) is 15.0 Å². The molecule has 10 heteroatoms. The maximum absolute atomic E-state index is 13.9. The molecule has 1 aromatic carbocycles. The van der Waals surface area contributed by atoms with Crippen LogP contribution in [0.25, 0.3) is 28.0 Å². The van der Waals surface area contributed by atoms with Gasteiger partial charge in [0.25, 0.3) is 0 Å². The van der Waals surface area contributed by atoms with Gasteiger partial charge < -0.3 is 19.1 Å². The van der Waals surface area contributed by atoms with E-state index in [-0.39, 0.29) is 17.2 Å². The molecule has 0 N–H and O–H groups in total. The van der Waals surface area contributed by atoms with Gasteiger partial charge in [0.15, 0.2) is 5.65 Å². The van der Waals surface area contributed by atoms with Crippen LogP contribution in [0, 0.1) is 5.82 Å². The average molecular weight is 495 g/mol. The van der Waals surface area contributed by atoms with Crippen molar-refractivity contribution >= 4 is 34.5 Å². The Morgan fingerprint density at radius 2 is 2.06 bits per heavy atom. The van der Waals surface area contributed by atoms with Crippen molar-refractivity contribution in [3.63, 3.8) is 0 Å². The van der Waals surface area contributed by atoms with E-state index in [1.807, 2.05) is 29.0 Å². The SMILES string of the molecule is CCOC(=O)N1CCN(c2ncnc3c2c(-c2ccccn2)cn3-c2ccc(F)c(Cl)c2)[C@@H](C)C1. The monoisotopic (exact) mass is 494 g/mol. The fraction of sp³-hybridized carbons (Fsp3) is 0.280. The van der Waals surface area contributed by atoms with Gasteiger partial charge in [-0.3, -0.25) is 4.98 Å². The summed E-state index contributed by atoms with van der Waals surface area (Å²) in [6.45, 7) is 5.80. The molecule has 180 valence electrons. The van der Waals surface area contributed by atoms with E-state index in [1.54, 1.807) is 30.2 Å². The van der Waals surface area contributed by atoms with Crippen molar-refractivity contribution in [2.24, 2.45) is 0 Å². The molecule has 4 heterocycles. The summed E-state index contributed by atoms with van der Waals surface area (Å²) in [6.07, 6.45) is 4.87. The number of hydrogen-bond acceptors (Lipinski definition) is 6. The number of pyridine rings is 1. The van der Waals surface area contributed by atoms with Gasteiger partial charge in [-0.25, -0.2) is 19.2 Å². The number of benzene rings is 1. The van der Waals surface area contributed by atoms with E-state index in [4.69, 9.17) is 16.3 Å². The molecule has 0 saturated carbocycles. The number of nitrogens with zero attached hydrogens (tertiary/aromatic N) is 6. The molecule has 1 aliphatic heterocycles. The summed E-state index contributed by atoms with van der Waals surface area (Å²) < 4.78 is 20.9. The largest absolute Gasteiger partial charge is 0.450 e. The van der Waals surface area contributed by atoms with Crippen LogP contribution in [0.1, 0.15) is 13.8 Å². The first-order valence-electron chi connectivity index (χ1n) is 11.4. The molecule has 35 heavy (non-hydrogen) atoms. The number of ether oxygens (including phenoxy) is 1. The number of piperazine rings is 1. The summed E-state index contributed by atoms with van der Waals surface area (Å²) in [5.41, 5.74) is 2.93. The third-order valence-corrected chi connectivity index (χ3v) is 6.40. The summed E-state index contributed by atoms with van der Waals surface area (Å²) in [5, 5.41) is 0.852. The van der Waals surface area contributed by atoms with Gasteiger partial charge in [-0.1, -0.05) is 17.7 Å². The summed E-state index contributed by atoms with van der Waals surface area (Å²) >= 11 is 6.09. The fourth-order valence-electron chi connectivity index (χ4n) is 4.46. The third-order valence-electron chi connectivity index (χ3n) is 6.11. The van der Waals surface area contributed by atoms with Crippen LogP contribution in [-0.4, -0.2) is 62.8 Å². The van der Waals surface area contributed by atoms with E-state index in [1.165, 1.54) is 12.4 Å². The molecule has 1 saturated heterocycles. The van der Waals surface area contributed by atoms with Gasteiger partial charge in [0.05, 0.1) is 22.7 Å². The highest BCUT2D eigenvalue weighted by molar-refractivity contribution is 6.30. The van der Waals surface area contributed by atoms with Crippen LogP contribution in [0.3, 0.4) is 0 Å². The molecule has 1 fully saturated rings. The average Bonchev–Trinajstić information content (AvgIpc) is 3.26. The Kier molecular flexibility index (Phi) is 6.25. The normalized spacial score (nSPS) is 16.1. The molecule has 1 aliphatic rings. The zero-order valence-corrected chi connectivity index (χ0v) is 20.1. The molecule has 4 aromatic rings. The van der Waals surface area contributed by atoms with Crippen LogP contribution in [0.5, 0.6) is 0 Å². The number of carbonyl (C=O) groups excluding carboxylic acids is 1. The van der Waals surface area contributed by atoms with Crippen LogP contribution >= 0.6 is 11.6 Å². The molecule has 0 aliphatic carbocycles. The molecule has 0 spiro atoms. The number of halogens is 2. The second kappa shape index (κ2) is 9.50. The topological polar surface area (TPSA) is 76.4 Å². The molecule has 1 atom stereocenters. The van der Waals surface area contributed by atoms with Crippen molar-refractivity contribution in [1.29, 1.82) is 0 Å². The number of fused-ring (bicyclic) bond motifs is 1. The van der Waals surface area contributed by atoms with E-state index in [2.05, 4.69) is 26.8 Å². The van der Waals surface area contributed by atoms with Crippen LogP contribution in [0.2, 0.25) is 5.02 Å². The van der Waals surface area contributed by atoms with Crippen LogP contribution in [-0.2, 0) is 4.74 Å². The second-order valence-corrected chi connectivity index (χ2v) is 8.72. The predicted octanol–water partition coefficient (Wildman–Crippen LogP) is 4.94. The highest BCUT2D eigenvalue weighted by Crippen LogP contribution is 2.37. The van der Waals surface area contributed by atoms with Gasteiger partial charge in [0.2, 0.25) is 0 Å². The van der Waals surface area contributed by atoms with Gasteiger partial charge in [-0.05, 0) is 44.2 Å². The summed E-state index contributed by atoms with van der Waals surface area (Å²) in [5.74, 6) is 0.263. The van der Waals surface area contributed by atoms with Gasteiger partial charge in [-0.15, -0.1) is 0 Å². The van der Waals surface area contributed by atoms with E-state index < -0.39 is 5.82 Å². The molecular formula is C25H24ClFN6O2. The Morgan fingerprint density at radius 3 is 2.77 bits per heavy atom. The first kappa shape index (κ1) is 23.0. The van der Waals surface area contributed by atoms with Crippen LogP contribution < -0.4 is 4.90 Å². The lowest BCUT2D eigenvalue weighted by atomic mass is 10.1. The highest BCUT2D eigenvalue weighted by Gasteiger charge is 2.31. The van der Waals surface area contributed by atoms with E-state index in [0.29, 0.717) is 37.6 Å². The van der Waals surface area contributed by atoms with Crippen molar-refractivity contribution in [2.45, 2.75) is 19.9 Å². The quantitative estimate of drug-likeness (QED) is 0.400. The van der Waals surface area contributed by atoms with E-state index >= 15 is 0 Å². The minimum Gasteiger partial charge on any atom is -0.450 e. The molecule has 0 radical (unpaired) electrons. The smallest absolute Gasteiger partial charge is 0.409 e. The lowest BCUT2D eigenvalue weighted by Crippen LogP contribution is -2.54. The third kappa shape index (κ3) is 4.27. The van der Waals surface area contributed by atoms with Crippen molar-refractivity contribution in [1.82, 2.24) is 24.4 Å². The van der Waals surface area contributed by atoms with Gasteiger partial charge in [0, 0.05) is 49.3 Å². The first-order valence-corrected chi connectivity index (χ1v) is 11.8. The first-order chi connectivity index (χ1) is 17.0. The molecule has 5 rings (SSSR count). The number of aromatic nitrogens is 4. The van der Waals surface area contributed by atoms with Gasteiger partial charge in [-0.2, -0.15) is 0 Å². The lowest BCUT2D eigenvalue weighted by molar-refractivity contribution is 0.100. The minimum atomic E-state index is -0.486. The Labute approximate surface area is 206 Å². The van der Waals surface area contributed by atoms with Crippen molar-refractivity contribution in [3.8, 4) is 16.9 Å². The highest BCUT2D eigenvalue weighted by atomic mass is 35.5. The number of amides is 1. The van der Waals surface area contributed by atoms with E-state index in [9.17, 15) is 9.18 Å². The maximum Gasteiger partial charge on any atom is 0.409 e. The number of carbonyl (C=O) groups is 1. The standard InChI is InChI=1S/C25H24ClFN6O2/c1-3-35-25(34)31-10-11-32(16(2)13-31)23-22-18(21-6-4-5-9-28-21)14-33(24(22)30-15-29-23)17-7-8-20(27)19(26)12-17/h4-9,12,14-16H,3,10-11,13H2,1-2H3/t16-/m0/s1. The second-order valence-electron chi connectivity index (χ2n) is 8.31. The van der Waals surface area contributed by atoms with Gasteiger partial charge >= 0.3 is 6.09 Å². The molecule has 3 aromatic heterocycles. The van der Waals surface area contributed by atoms with Crippen molar-refractivity contribution in [3.05, 3.63) is 66.0 Å². The Hall–Kier alpha value is -3.72. The zero-order chi connectivity index (χ0) is 24.5. The minimum absolute atomic E-state index is 0.00791. The van der Waals surface area contributed by atoms with Gasteiger partial charge in [0.1, 0.15) is 18.0 Å². The fourth-order valence-corrected chi connectivity index (χ4v) is 4.64. The molecule has 1 amide bonds. The zero-order valence-electron chi connectivity index (χ0n) is 19.4. The van der Waals surface area contributed by atoms with Crippen molar-refractivity contribution < 1.29 is 13.9 Å². The number of anilines is 1. The maximum atomic E-state index is 13.9. The van der Waals surface area contributed by atoms with E-state index in [0.717, 1.165) is 22.5 Å². The summed E-state index contributed by atoms with van der Waals surface area (Å²) in [6, 6.07) is 10.3. The molecule has 0 unspecified atom stereocenters. The summed E-state index contributed by atoms with van der Waals surface area (Å²) in [7, 11) is 0. The number of hydrogen-bond donors (Lipinski definition) is 0. The van der Waals surface area contributed by atoms with Crippen LogP contribution in [0.15, 0.2) is 55.1 Å². The molecular weight excluding hydrogens is 471 g/mol. The lowest BCUT2D eigenvalue weighted by Gasteiger charge is -2.40.